The van der Waals surface area contributed by atoms with E-state index in [2.05, 4.69) is 32.2 Å². The minimum absolute atomic E-state index is 0.345. The summed E-state index contributed by atoms with van der Waals surface area (Å²) in [5.41, 5.74) is 2.92. The van der Waals surface area contributed by atoms with Crippen molar-refractivity contribution in [3.8, 4) is 11.4 Å². The molecule has 0 spiro atoms. The number of ether oxygens (including phenoxy) is 1. The summed E-state index contributed by atoms with van der Waals surface area (Å²) in [5, 5.41) is 13.5. The molecule has 0 radical (unpaired) electrons. The van der Waals surface area contributed by atoms with Crippen molar-refractivity contribution in [1.82, 2.24) is 24.8 Å². The van der Waals surface area contributed by atoms with Gasteiger partial charge in [-0.05, 0) is 70.0 Å². The number of fused-ring (bicyclic) bond motifs is 1. The van der Waals surface area contributed by atoms with E-state index in [0.717, 1.165) is 79.5 Å². The van der Waals surface area contributed by atoms with Gasteiger partial charge in [-0.25, -0.2) is 19.9 Å². The van der Waals surface area contributed by atoms with Gasteiger partial charge in [0.1, 0.15) is 11.3 Å². The quantitative estimate of drug-likeness (QED) is 0.555. The molecule has 2 N–H and O–H groups in total. The van der Waals surface area contributed by atoms with Crippen LogP contribution in [0.25, 0.3) is 22.4 Å². The number of pyridine rings is 2. The fourth-order valence-corrected chi connectivity index (χ4v) is 5.06. The number of nitrogens with zero attached hydrogens (tertiary/aromatic N) is 6. The lowest BCUT2D eigenvalue weighted by Crippen LogP contribution is -2.41. The molecule has 0 saturated carbocycles. The van der Waals surface area contributed by atoms with Crippen molar-refractivity contribution in [3.05, 3.63) is 36.2 Å². The van der Waals surface area contributed by atoms with Crippen LogP contribution in [-0.2, 0) is 11.3 Å². The molecule has 3 aromatic heterocycles. The highest BCUT2D eigenvalue weighted by atomic mass is 16.5. The standard InChI is InChI=1S/C26H35N7O2/c1-26(2,34)18-8-11-32(12-9-18)17-19-6-7-21-22(29-19)25(33-13-15-35-16-14-33)31-24(30-21)20-5-4-10-28-23(20)27-3/h4-7,10,18,34H,8-9,11-17H2,1-3H3,(H,27,28). The molecule has 5 rings (SSSR count). The predicted octanol–water partition coefficient (Wildman–Crippen LogP) is 2.95. The first kappa shape index (κ1) is 23.8. The monoisotopic (exact) mass is 477 g/mol. The van der Waals surface area contributed by atoms with Crippen molar-refractivity contribution in [2.24, 2.45) is 5.92 Å². The Morgan fingerprint density at radius 3 is 2.54 bits per heavy atom. The first-order valence-electron chi connectivity index (χ1n) is 12.5. The molecule has 0 amide bonds. The second-order valence-corrected chi connectivity index (χ2v) is 9.99. The second kappa shape index (κ2) is 10.0. The SMILES string of the molecule is CNc1ncccc1-c1nc(N2CCOCC2)c2nc(CN3CCC(C(C)(C)O)CC3)ccc2n1. The van der Waals surface area contributed by atoms with E-state index in [4.69, 9.17) is 19.7 Å². The Hall–Kier alpha value is -2.88. The highest BCUT2D eigenvalue weighted by Gasteiger charge is 2.30. The average Bonchev–Trinajstić information content (AvgIpc) is 2.88. The zero-order valence-electron chi connectivity index (χ0n) is 20.9. The Morgan fingerprint density at radius 2 is 1.83 bits per heavy atom. The number of hydrogen-bond acceptors (Lipinski definition) is 9. The number of nitrogens with one attached hydrogen (secondary N) is 1. The number of aliphatic hydroxyl groups is 1. The number of piperidine rings is 1. The van der Waals surface area contributed by atoms with Crippen molar-refractivity contribution in [1.29, 1.82) is 0 Å². The van der Waals surface area contributed by atoms with E-state index in [1.807, 2.05) is 33.0 Å². The zero-order chi connectivity index (χ0) is 24.4. The number of rotatable bonds is 6. The second-order valence-electron chi connectivity index (χ2n) is 9.99. The first-order chi connectivity index (χ1) is 16.9. The Bertz CT molecular complexity index is 1170. The van der Waals surface area contributed by atoms with Crippen LogP contribution in [0.15, 0.2) is 30.5 Å². The number of hydrogen-bond donors (Lipinski definition) is 2. The van der Waals surface area contributed by atoms with Crippen molar-refractivity contribution >= 4 is 22.7 Å². The Labute approximate surface area is 206 Å². The van der Waals surface area contributed by atoms with Gasteiger partial charge in [0, 0.05) is 32.9 Å². The van der Waals surface area contributed by atoms with Gasteiger partial charge >= 0.3 is 0 Å². The summed E-state index contributed by atoms with van der Waals surface area (Å²) in [6.45, 7) is 9.45. The molecule has 2 fully saturated rings. The molecule has 186 valence electrons. The van der Waals surface area contributed by atoms with Crippen LogP contribution < -0.4 is 10.2 Å². The van der Waals surface area contributed by atoms with Gasteiger partial charge in [-0.1, -0.05) is 0 Å². The molecule has 9 heteroatoms. The van der Waals surface area contributed by atoms with Gasteiger partial charge in [0.15, 0.2) is 11.6 Å². The largest absolute Gasteiger partial charge is 0.390 e. The molecule has 2 aliphatic heterocycles. The highest BCUT2D eigenvalue weighted by Crippen LogP contribution is 2.31. The van der Waals surface area contributed by atoms with E-state index in [-0.39, 0.29) is 0 Å². The summed E-state index contributed by atoms with van der Waals surface area (Å²) in [7, 11) is 1.86. The van der Waals surface area contributed by atoms with Crippen molar-refractivity contribution in [2.45, 2.75) is 38.8 Å². The summed E-state index contributed by atoms with van der Waals surface area (Å²) >= 11 is 0. The van der Waals surface area contributed by atoms with Crippen LogP contribution in [0.5, 0.6) is 0 Å². The molecule has 0 aromatic carbocycles. The van der Waals surface area contributed by atoms with Gasteiger partial charge in [0.2, 0.25) is 0 Å². The molecule has 0 atom stereocenters. The Morgan fingerprint density at radius 1 is 1.06 bits per heavy atom. The smallest absolute Gasteiger partial charge is 0.166 e. The van der Waals surface area contributed by atoms with Crippen LogP contribution in [0, 0.1) is 5.92 Å². The van der Waals surface area contributed by atoms with Crippen LogP contribution in [0.1, 0.15) is 32.4 Å². The summed E-state index contributed by atoms with van der Waals surface area (Å²) in [4.78, 5) is 24.1. The molecule has 0 unspecified atom stereocenters. The summed E-state index contributed by atoms with van der Waals surface area (Å²) in [5.74, 6) is 2.58. The summed E-state index contributed by atoms with van der Waals surface area (Å²) in [6.07, 6.45) is 3.76. The zero-order valence-corrected chi connectivity index (χ0v) is 20.9. The maximum Gasteiger partial charge on any atom is 0.166 e. The lowest BCUT2D eigenvalue weighted by molar-refractivity contribution is -0.0137. The lowest BCUT2D eigenvalue weighted by atomic mass is 9.83. The minimum atomic E-state index is -0.614. The van der Waals surface area contributed by atoms with Gasteiger partial charge in [0.05, 0.1) is 35.6 Å². The van der Waals surface area contributed by atoms with E-state index in [0.29, 0.717) is 25.0 Å². The van der Waals surface area contributed by atoms with Crippen LogP contribution in [-0.4, -0.2) is 82.0 Å². The van der Waals surface area contributed by atoms with Crippen molar-refractivity contribution < 1.29 is 9.84 Å². The van der Waals surface area contributed by atoms with E-state index < -0.39 is 5.60 Å². The molecule has 0 bridgehead atoms. The van der Waals surface area contributed by atoms with Crippen molar-refractivity contribution in [3.63, 3.8) is 0 Å². The number of morpholine rings is 1. The summed E-state index contributed by atoms with van der Waals surface area (Å²) < 4.78 is 5.59. The third-order valence-corrected chi connectivity index (χ3v) is 7.15. The average molecular weight is 478 g/mol. The number of aromatic nitrogens is 4. The van der Waals surface area contributed by atoms with Crippen LogP contribution in [0.3, 0.4) is 0 Å². The number of anilines is 2. The molecule has 5 heterocycles. The fourth-order valence-electron chi connectivity index (χ4n) is 5.06. The molecule has 2 aliphatic rings. The summed E-state index contributed by atoms with van der Waals surface area (Å²) in [6, 6.07) is 8.03. The maximum atomic E-state index is 10.4. The van der Waals surface area contributed by atoms with Gasteiger partial charge < -0.3 is 20.1 Å². The van der Waals surface area contributed by atoms with Crippen molar-refractivity contribution in [2.75, 3.05) is 56.7 Å². The van der Waals surface area contributed by atoms with Gasteiger partial charge in [-0.3, -0.25) is 4.90 Å². The molecule has 2 saturated heterocycles. The van der Waals surface area contributed by atoms with Crippen LogP contribution in [0.4, 0.5) is 11.6 Å². The third-order valence-electron chi connectivity index (χ3n) is 7.15. The number of likely N-dealkylation sites (tertiary alicyclic amines) is 1. The van der Waals surface area contributed by atoms with Gasteiger partial charge in [-0.2, -0.15) is 0 Å². The van der Waals surface area contributed by atoms with Crippen LogP contribution >= 0.6 is 0 Å². The molecule has 3 aromatic rings. The Kier molecular flexibility index (Phi) is 6.82. The third kappa shape index (κ3) is 5.22. The first-order valence-corrected chi connectivity index (χ1v) is 12.5. The van der Waals surface area contributed by atoms with Gasteiger partial charge in [-0.15, -0.1) is 0 Å². The fraction of sp³-hybridized carbons (Fsp3) is 0.538. The van der Waals surface area contributed by atoms with Gasteiger partial charge in [0.25, 0.3) is 0 Å². The van der Waals surface area contributed by atoms with E-state index in [1.54, 1.807) is 6.20 Å². The molecule has 9 nitrogen and oxygen atoms in total. The molecule has 35 heavy (non-hydrogen) atoms. The predicted molar refractivity (Wildman–Crippen MR) is 137 cm³/mol. The van der Waals surface area contributed by atoms with E-state index in [1.165, 1.54) is 0 Å². The van der Waals surface area contributed by atoms with E-state index in [9.17, 15) is 5.11 Å². The normalized spacial score (nSPS) is 18.2. The van der Waals surface area contributed by atoms with E-state index >= 15 is 0 Å². The molecule has 0 aliphatic carbocycles. The molecular weight excluding hydrogens is 442 g/mol. The maximum absolute atomic E-state index is 10.4. The van der Waals surface area contributed by atoms with Crippen LogP contribution in [0.2, 0.25) is 0 Å². The minimum Gasteiger partial charge on any atom is -0.390 e. The highest BCUT2D eigenvalue weighted by molar-refractivity contribution is 5.88. The lowest BCUT2D eigenvalue weighted by Gasteiger charge is -2.37. The topological polar surface area (TPSA) is 99.5 Å². The molecular formula is C26H35N7O2. The Balaban J connectivity index is 1.47.